The molecule has 1 aromatic carbocycles. The molecule has 0 aliphatic heterocycles. The van der Waals surface area contributed by atoms with Gasteiger partial charge in [-0.2, -0.15) is 8.78 Å². The molecule has 0 aliphatic carbocycles. The lowest BCUT2D eigenvalue weighted by molar-refractivity contribution is -0.383. The van der Waals surface area contributed by atoms with Crippen LogP contribution in [0.4, 0.5) is 34.6 Å². The van der Waals surface area contributed by atoms with Gasteiger partial charge in [0.25, 0.3) is 0 Å². The van der Waals surface area contributed by atoms with E-state index in [0.29, 0.717) is 0 Å². The summed E-state index contributed by atoms with van der Waals surface area (Å²) in [6, 6.07) is 3.91. The number of hydrogen-bond acceptors (Lipinski definition) is 4. The Morgan fingerprint density at radius 3 is 2.42 bits per heavy atom. The Morgan fingerprint density at radius 1 is 1.37 bits per heavy atom. The smallest absolute Gasteiger partial charge is 0.324 e. The Hall–Kier alpha value is -2.06. The fourth-order valence-corrected chi connectivity index (χ4v) is 1.37. The number of nitro groups is 1. The maximum atomic E-state index is 12.7. The summed E-state index contributed by atoms with van der Waals surface area (Å²) in [5.74, 6) is -4.26. The molecule has 19 heavy (non-hydrogen) atoms. The fraction of sp³-hybridized carbons (Fsp3) is 0.400. The van der Waals surface area contributed by atoms with Crippen molar-refractivity contribution in [3.8, 4) is 0 Å². The van der Waals surface area contributed by atoms with Crippen LogP contribution in [-0.2, 0) is 0 Å². The minimum Gasteiger partial charge on any atom is -0.382 e. The standard InChI is InChI=1S/C10H11F4N3O2/c1-15-6-3-2-4-7(8(6)17(18)19)16-5-10(13,14)9(11)12/h2-4,9,15-16H,5H2,1H3. The van der Waals surface area contributed by atoms with Crippen LogP contribution in [0.1, 0.15) is 0 Å². The highest BCUT2D eigenvalue weighted by atomic mass is 19.3. The molecule has 0 fully saturated rings. The highest BCUT2D eigenvalue weighted by Crippen LogP contribution is 2.33. The average molecular weight is 281 g/mol. The third-order valence-corrected chi connectivity index (χ3v) is 2.32. The number of alkyl halides is 4. The number of rotatable bonds is 6. The molecule has 2 N–H and O–H groups in total. The maximum Gasteiger partial charge on any atom is 0.324 e. The van der Waals surface area contributed by atoms with Crippen molar-refractivity contribution in [3.05, 3.63) is 28.3 Å². The molecule has 1 rings (SSSR count). The Balaban J connectivity index is 2.99. The summed E-state index contributed by atoms with van der Waals surface area (Å²) < 4.78 is 49.5. The zero-order valence-electron chi connectivity index (χ0n) is 9.79. The van der Waals surface area contributed by atoms with Crippen molar-refractivity contribution in [3.63, 3.8) is 0 Å². The summed E-state index contributed by atoms with van der Waals surface area (Å²) in [7, 11) is 1.42. The third-order valence-electron chi connectivity index (χ3n) is 2.32. The number of hydrogen-bond donors (Lipinski definition) is 2. The molecule has 0 unspecified atom stereocenters. The molecule has 5 nitrogen and oxygen atoms in total. The van der Waals surface area contributed by atoms with E-state index in [2.05, 4.69) is 5.32 Å². The second-order valence-electron chi connectivity index (χ2n) is 3.62. The lowest BCUT2D eigenvalue weighted by Gasteiger charge is -2.17. The van der Waals surface area contributed by atoms with Gasteiger partial charge in [-0.3, -0.25) is 10.1 Å². The van der Waals surface area contributed by atoms with E-state index in [0.717, 1.165) is 0 Å². The first-order valence-corrected chi connectivity index (χ1v) is 5.14. The molecule has 106 valence electrons. The van der Waals surface area contributed by atoms with Gasteiger partial charge in [0.2, 0.25) is 0 Å². The minimum absolute atomic E-state index is 0.0929. The van der Waals surface area contributed by atoms with Gasteiger partial charge in [0.1, 0.15) is 11.4 Å². The number of nitrogens with one attached hydrogen (secondary N) is 2. The second kappa shape index (κ2) is 5.72. The fourth-order valence-electron chi connectivity index (χ4n) is 1.37. The lowest BCUT2D eigenvalue weighted by atomic mass is 10.2. The van der Waals surface area contributed by atoms with Gasteiger partial charge in [-0.15, -0.1) is 0 Å². The van der Waals surface area contributed by atoms with Crippen LogP contribution in [0.3, 0.4) is 0 Å². The summed E-state index contributed by atoms with van der Waals surface area (Å²) in [5, 5.41) is 15.3. The van der Waals surface area contributed by atoms with Gasteiger partial charge in [-0.1, -0.05) is 6.07 Å². The third kappa shape index (κ3) is 3.46. The molecule has 0 amide bonds. The molecule has 0 atom stereocenters. The normalized spacial score (nSPS) is 11.5. The lowest BCUT2D eigenvalue weighted by Crippen LogP contribution is -2.34. The first-order valence-electron chi connectivity index (χ1n) is 5.14. The molecular formula is C10H11F4N3O2. The number of benzene rings is 1. The Morgan fingerprint density at radius 2 is 1.95 bits per heavy atom. The highest BCUT2D eigenvalue weighted by Gasteiger charge is 2.40. The van der Waals surface area contributed by atoms with E-state index in [4.69, 9.17) is 0 Å². The minimum atomic E-state index is -4.26. The molecule has 1 aromatic rings. The number of nitrogens with zero attached hydrogens (tertiary/aromatic N) is 1. The summed E-state index contributed by atoms with van der Waals surface area (Å²) in [4.78, 5) is 10.1. The van der Waals surface area contributed by atoms with Gasteiger partial charge in [0.05, 0.1) is 11.5 Å². The largest absolute Gasteiger partial charge is 0.382 e. The van der Waals surface area contributed by atoms with Crippen molar-refractivity contribution < 1.29 is 22.5 Å². The van der Waals surface area contributed by atoms with Crippen LogP contribution >= 0.6 is 0 Å². The van der Waals surface area contributed by atoms with E-state index in [1.165, 1.54) is 25.2 Å². The average Bonchev–Trinajstić information content (AvgIpc) is 2.35. The van der Waals surface area contributed by atoms with Crippen LogP contribution in [-0.4, -0.2) is 30.9 Å². The molecule has 0 saturated carbocycles. The molecule has 0 spiro atoms. The van der Waals surface area contributed by atoms with Crippen molar-refractivity contribution in [1.82, 2.24) is 0 Å². The molecular weight excluding hydrogens is 270 g/mol. The van der Waals surface area contributed by atoms with E-state index >= 15 is 0 Å². The van der Waals surface area contributed by atoms with E-state index in [1.54, 1.807) is 0 Å². The SMILES string of the molecule is CNc1cccc(NCC(F)(F)C(F)F)c1[N+](=O)[O-]. The van der Waals surface area contributed by atoms with E-state index in [1.807, 2.05) is 5.32 Å². The summed E-state index contributed by atoms with van der Waals surface area (Å²) >= 11 is 0. The predicted octanol–water partition coefficient (Wildman–Crippen LogP) is 2.95. The number of para-hydroxylation sites is 1. The summed E-state index contributed by atoms with van der Waals surface area (Å²) in [6.07, 6.45) is -3.84. The molecule has 0 aliphatic rings. The van der Waals surface area contributed by atoms with Gasteiger partial charge >= 0.3 is 18.0 Å². The highest BCUT2D eigenvalue weighted by molar-refractivity contribution is 5.76. The van der Waals surface area contributed by atoms with E-state index < -0.39 is 29.5 Å². The van der Waals surface area contributed by atoms with Crippen LogP contribution in [0.25, 0.3) is 0 Å². The molecule has 9 heteroatoms. The number of anilines is 2. The summed E-state index contributed by atoms with van der Waals surface area (Å²) in [6.45, 7) is -1.39. The molecule has 0 aromatic heterocycles. The Labute approximate surface area is 105 Å². The molecule has 0 saturated heterocycles. The van der Waals surface area contributed by atoms with Gasteiger partial charge in [-0.25, -0.2) is 8.78 Å². The topological polar surface area (TPSA) is 67.2 Å². The van der Waals surface area contributed by atoms with Crippen LogP contribution < -0.4 is 10.6 Å². The van der Waals surface area contributed by atoms with E-state index in [-0.39, 0.29) is 11.4 Å². The predicted molar refractivity (Wildman–Crippen MR) is 62.1 cm³/mol. The van der Waals surface area contributed by atoms with Gasteiger partial charge in [0, 0.05) is 7.05 Å². The Kier molecular flexibility index (Phi) is 4.52. The zero-order chi connectivity index (χ0) is 14.6. The van der Waals surface area contributed by atoms with Crippen molar-refractivity contribution in [2.45, 2.75) is 12.3 Å². The van der Waals surface area contributed by atoms with E-state index in [9.17, 15) is 27.7 Å². The quantitative estimate of drug-likeness (QED) is 0.478. The van der Waals surface area contributed by atoms with Gasteiger partial charge < -0.3 is 10.6 Å². The monoisotopic (exact) mass is 281 g/mol. The zero-order valence-corrected chi connectivity index (χ0v) is 9.79. The van der Waals surface area contributed by atoms with Crippen molar-refractivity contribution in [2.24, 2.45) is 0 Å². The molecule has 0 radical (unpaired) electrons. The Bertz CT molecular complexity index is 468. The first kappa shape index (κ1) is 15.0. The molecule has 0 bridgehead atoms. The summed E-state index contributed by atoms with van der Waals surface area (Å²) in [5.41, 5.74) is -0.636. The van der Waals surface area contributed by atoms with Gasteiger partial charge in [-0.05, 0) is 12.1 Å². The van der Waals surface area contributed by atoms with Crippen molar-refractivity contribution in [2.75, 3.05) is 24.2 Å². The van der Waals surface area contributed by atoms with Gasteiger partial charge in [0.15, 0.2) is 0 Å². The maximum absolute atomic E-state index is 12.7. The van der Waals surface area contributed by atoms with Crippen LogP contribution in [0.5, 0.6) is 0 Å². The van der Waals surface area contributed by atoms with Crippen LogP contribution in [0, 0.1) is 10.1 Å². The van der Waals surface area contributed by atoms with Crippen molar-refractivity contribution in [1.29, 1.82) is 0 Å². The van der Waals surface area contributed by atoms with Crippen LogP contribution in [0.2, 0.25) is 0 Å². The molecule has 0 heterocycles. The number of nitro benzene ring substituents is 1. The number of halogens is 4. The first-order chi connectivity index (χ1) is 8.79. The van der Waals surface area contributed by atoms with Crippen LogP contribution in [0.15, 0.2) is 18.2 Å². The second-order valence-corrected chi connectivity index (χ2v) is 3.62. The van der Waals surface area contributed by atoms with Crippen molar-refractivity contribution >= 4 is 17.1 Å².